The van der Waals surface area contributed by atoms with E-state index in [9.17, 15) is 9.59 Å². The number of benzene rings is 2. The van der Waals surface area contributed by atoms with Crippen LogP contribution in [0, 0.1) is 0 Å². The Labute approximate surface area is 186 Å². The van der Waals surface area contributed by atoms with E-state index in [0.29, 0.717) is 24.1 Å². The first-order valence-corrected chi connectivity index (χ1v) is 11.4. The van der Waals surface area contributed by atoms with Crippen LogP contribution in [-0.2, 0) is 9.59 Å². The Balaban J connectivity index is 1.48. The number of nitrogens with zero attached hydrogens (tertiary/aromatic N) is 2. The Morgan fingerprint density at radius 2 is 1.77 bits per heavy atom. The Kier molecular flexibility index (Phi) is 6.72. The van der Waals surface area contributed by atoms with Gasteiger partial charge in [-0.05, 0) is 12.8 Å². The van der Waals surface area contributed by atoms with Gasteiger partial charge in [-0.2, -0.15) is 0 Å². The minimum absolute atomic E-state index is 0.0244. The summed E-state index contributed by atoms with van der Waals surface area (Å²) in [5.74, 6) is 0.914. The second-order valence-electron chi connectivity index (χ2n) is 7.56. The van der Waals surface area contributed by atoms with Crippen molar-refractivity contribution in [3.8, 4) is 22.6 Å². The van der Waals surface area contributed by atoms with Gasteiger partial charge in [-0.15, -0.1) is 0 Å². The molecule has 1 unspecified atom stereocenters. The van der Waals surface area contributed by atoms with E-state index >= 15 is 0 Å². The minimum Gasteiger partial charge on any atom is -0.431 e. The van der Waals surface area contributed by atoms with Crippen molar-refractivity contribution in [1.29, 1.82) is 0 Å². The van der Waals surface area contributed by atoms with Gasteiger partial charge in [0.25, 0.3) is 5.22 Å². The highest BCUT2D eigenvalue weighted by Crippen LogP contribution is 2.35. The predicted octanol–water partition coefficient (Wildman–Crippen LogP) is 4.23. The number of thioether (sulfide) groups is 1. The van der Waals surface area contributed by atoms with Crippen molar-refractivity contribution >= 4 is 23.6 Å². The lowest BCUT2D eigenvalue weighted by Gasteiger charge is -2.32. The van der Waals surface area contributed by atoms with Gasteiger partial charge in [0.2, 0.25) is 11.8 Å². The number of amides is 2. The highest BCUT2D eigenvalue weighted by atomic mass is 32.2. The van der Waals surface area contributed by atoms with Crippen molar-refractivity contribution in [1.82, 2.24) is 15.2 Å². The quantitative estimate of drug-likeness (QED) is 0.587. The molecule has 0 aliphatic carbocycles. The lowest BCUT2D eigenvalue weighted by Crippen LogP contribution is -2.49. The van der Waals surface area contributed by atoms with Crippen molar-refractivity contribution in [3.63, 3.8) is 0 Å². The fraction of sp³-hybridized carbons (Fsp3) is 0.292. The zero-order chi connectivity index (χ0) is 21.6. The third kappa shape index (κ3) is 5.35. The van der Waals surface area contributed by atoms with Crippen molar-refractivity contribution in [3.05, 3.63) is 60.7 Å². The molecule has 2 amide bonds. The molecule has 1 aromatic heterocycles. The molecule has 1 N–H and O–H groups in total. The van der Waals surface area contributed by atoms with Crippen LogP contribution in [0.3, 0.4) is 0 Å². The average Bonchev–Trinajstić information content (AvgIpc) is 3.23. The van der Waals surface area contributed by atoms with Crippen LogP contribution in [0.15, 0.2) is 70.3 Å². The van der Waals surface area contributed by atoms with Crippen molar-refractivity contribution in [2.24, 2.45) is 0 Å². The van der Waals surface area contributed by atoms with Gasteiger partial charge in [0, 0.05) is 37.2 Å². The summed E-state index contributed by atoms with van der Waals surface area (Å²) in [4.78, 5) is 30.6. The summed E-state index contributed by atoms with van der Waals surface area (Å²) in [6, 6.07) is 19.8. The van der Waals surface area contributed by atoms with E-state index in [4.69, 9.17) is 9.40 Å². The number of rotatable bonds is 6. The number of piperidine rings is 1. The van der Waals surface area contributed by atoms with Gasteiger partial charge in [-0.1, -0.05) is 72.4 Å². The maximum atomic E-state index is 12.8. The van der Waals surface area contributed by atoms with Crippen LogP contribution < -0.4 is 5.32 Å². The molecule has 6 nitrogen and oxygen atoms in total. The van der Waals surface area contributed by atoms with E-state index in [2.05, 4.69) is 5.32 Å². The van der Waals surface area contributed by atoms with Gasteiger partial charge in [0.1, 0.15) is 5.69 Å². The second kappa shape index (κ2) is 9.83. The monoisotopic (exact) mass is 435 g/mol. The van der Waals surface area contributed by atoms with Crippen LogP contribution in [0.2, 0.25) is 0 Å². The Hall–Kier alpha value is -3.06. The Bertz CT molecular complexity index is 980. The first-order valence-electron chi connectivity index (χ1n) is 10.4. The van der Waals surface area contributed by atoms with Gasteiger partial charge in [-0.25, -0.2) is 4.98 Å². The van der Waals surface area contributed by atoms with Crippen LogP contribution >= 0.6 is 11.8 Å². The number of carbonyl (C=O) groups is 2. The predicted molar refractivity (Wildman–Crippen MR) is 122 cm³/mol. The number of hydrogen-bond acceptors (Lipinski definition) is 5. The third-order valence-electron chi connectivity index (χ3n) is 5.19. The molecule has 31 heavy (non-hydrogen) atoms. The Morgan fingerprint density at radius 1 is 1.10 bits per heavy atom. The molecule has 0 bridgehead atoms. The zero-order valence-corrected chi connectivity index (χ0v) is 18.2. The summed E-state index contributed by atoms with van der Waals surface area (Å²) in [7, 11) is 0. The van der Waals surface area contributed by atoms with Crippen LogP contribution in [0.1, 0.15) is 19.8 Å². The molecule has 3 aromatic rings. The number of aromatic nitrogens is 1. The van der Waals surface area contributed by atoms with Crippen molar-refractivity contribution in [2.45, 2.75) is 31.0 Å². The fourth-order valence-corrected chi connectivity index (χ4v) is 4.49. The SMILES string of the molecule is CC(=O)NC1CCCN(C(=O)CSc2nc(-c3ccccc3)c(-c3ccccc3)o2)C1. The van der Waals surface area contributed by atoms with Crippen LogP contribution in [0.25, 0.3) is 22.6 Å². The second-order valence-corrected chi connectivity index (χ2v) is 8.48. The number of oxazole rings is 1. The maximum absolute atomic E-state index is 12.8. The first-order chi connectivity index (χ1) is 15.1. The third-order valence-corrected chi connectivity index (χ3v) is 6.00. The maximum Gasteiger partial charge on any atom is 0.257 e. The van der Waals surface area contributed by atoms with Gasteiger partial charge in [0.15, 0.2) is 5.76 Å². The standard InChI is InChI=1S/C24H25N3O3S/c1-17(28)25-20-13-8-14-27(15-20)21(29)16-31-24-26-22(18-9-4-2-5-10-18)23(30-24)19-11-6-3-7-12-19/h2-7,9-12,20H,8,13-16H2,1H3,(H,25,28). The van der Waals surface area contributed by atoms with Gasteiger partial charge >= 0.3 is 0 Å². The van der Waals surface area contributed by atoms with Crippen molar-refractivity contribution in [2.75, 3.05) is 18.8 Å². The van der Waals surface area contributed by atoms with Gasteiger partial charge in [0.05, 0.1) is 5.75 Å². The van der Waals surface area contributed by atoms with E-state index in [1.807, 2.05) is 65.6 Å². The molecule has 1 atom stereocenters. The molecule has 1 aliphatic rings. The summed E-state index contributed by atoms with van der Waals surface area (Å²) in [5.41, 5.74) is 2.68. The van der Waals surface area contributed by atoms with Crippen LogP contribution in [0.5, 0.6) is 0 Å². The minimum atomic E-state index is -0.0599. The number of nitrogens with one attached hydrogen (secondary N) is 1. The topological polar surface area (TPSA) is 75.4 Å². The fourth-order valence-electron chi connectivity index (χ4n) is 3.76. The summed E-state index contributed by atoms with van der Waals surface area (Å²) in [6.07, 6.45) is 1.79. The van der Waals surface area contributed by atoms with E-state index in [0.717, 1.165) is 29.7 Å². The summed E-state index contributed by atoms with van der Waals surface area (Å²) < 4.78 is 6.09. The molecule has 1 aliphatic heterocycles. The summed E-state index contributed by atoms with van der Waals surface area (Å²) in [5, 5.41) is 3.39. The first kappa shape index (κ1) is 21.2. The number of hydrogen-bond donors (Lipinski definition) is 1. The average molecular weight is 436 g/mol. The molecule has 1 saturated heterocycles. The summed E-state index contributed by atoms with van der Waals surface area (Å²) >= 11 is 1.31. The molecule has 7 heteroatoms. The number of carbonyl (C=O) groups excluding carboxylic acids is 2. The molecule has 2 aromatic carbocycles. The molecule has 0 saturated carbocycles. The van der Waals surface area contributed by atoms with Crippen LogP contribution in [0.4, 0.5) is 0 Å². The molecule has 4 rings (SSSR count). The van der Waals surface area contributed by atoms with Crippen LogP contribution in [-0.4, -0.2) is 46.6 Å². The van der Waals surface area contributed by atoms with Gasteiger partial charge in [-0.3, -0.25) is 9.59 Å². The highest BCUT2D eigenvalue weighted by Gasteiger charge is 2.25. The molecule has 0 radical (unpaired) electrons. The van der Waals surface area contributed by atoms with E-state index in [-0.39, 0.29) is 23.6 Å². The molecular weight excluding hydrogens is 410 g/mol. The molecule has 160 valence electrons. The van der Waals surface area contributed by atoms with Gasteiger partial charge < -0.3 is 14.6 Å². The number of likely N-dealkylation sites (tertiary alicyclic amines) is 1. The zero-order valence-electron chi connectivity index (χ0n) is 17.4. The lowest BCUT2D eigenvalue weighted by atomic mass is 10.1. The molecule has 0 spiro atoms. The molecular formula is C24H25N3O3S. The Morgan fingerprint density at radius 3 is 2.45 bits per heavy atom. The van der Waals surface area contributed by atoms with E-state index in [1.54, 1.807) is 0 Å². The largest absolute Gasteiger partial charge is 0.431 e. The normalized spacial score (nSPS) is 16.2. The smallest absolute Gasteiger partial charge is 0.257 e. The highest BCUT2D eigenvalue weighted by molar-refractivity contribution is 7.99. The van der Waals surface area contributed by atoms with Crippen molar-refractivity contribution < 1.29 is 14.0 Å². The summed E-state index contributed by atoms with van der Waals surface area (Å²) in [6.45, 7) is 2.77. The molecule has 1 fully saturated rings. The lowest BCUT2D eigenvalue weighted by molar-refractivity contribution is -0.130. The van der Waals surface area contributed by atoms with E-state index < -0.39 is 0 Å². The molecule has 2 heterocycles. The van der Waals surface area contributed by atoms with E-state index in [1.165, 1.54) is 18.7 Å².